The Balaban J connectivity index is 1.61. The number of methoxy groups -OCH3 is 1. The van der Waals surface area contributed by atoms with Crippen LogP contribution < -0.4 is 15.4 Å². The quantitative estimate of drug-likeness (QED) is 0.689. The summed E-state index contributed by atoms with van der Waals surface area (Å²) >= 11 is 0. The number of H-pyrrole nitrogens is 1. The van der Waals surface area contributed by atoms with E-state index in [-0.39, 0.29) is 6.03 Å². The zero-order valence-corrected chi connectivity index (χ0v) is 12.2. The van der Waals surface area contributed by atoms with Gasteiger partial charge in [-0.05, 0) is 35.9 Å². The number of fused-ring (bicyclic) bond motifs is 1. The van der Waals surface area contributed by atoms with E-state index in [4.69, 9.17) is 4.74 Å². The van der Waals surface area contributed by atoms with Gasteiger partial charge in [-0.2, -0.15) is 0 Å². The number of benzene rings is 2. The number of ether oxygens (including phenoxy) is 1. The molecule has 0 bridgehead atoms. The Kier molecular flexibility index (Phi) is 3.96. The maximum atomic E-state index is 12.0. The monoisotopic (exact) mass is 295 g/mol. The Bertz CT molecular complexity index is 778. The third kappa shape index (κ3) is 3.03. The highest BCUT2D eigenvalue weighted by molar-refractivity contribution is 6.00. The smallest absolute Gasteiger partial charge is 0.319 e. The highest BCUT2D eigenvalue weighted by Crippen LogP contribution is 2.21. The van der Waals surface area contributed by atoms with Crippen molar-refractivity contribution in [2.45, 2.75) is 6.54 Å². The van der Waals surface area contributed by atoms with E-state index >= 15 is 0 Å². The molecule has 3 N–H and O–H groups in total. The van der Waals surface area contributed by atoms with Gasteiger partial charge >= 0.3 is 6.03 Å². The van der Waals surface area contributed by atoms with Gasteiger partial charge in [0, 0.05) is 23.6 Å². The number of hydrogen-bond acceptors (Lipinski definition) is 2. The summed E-state index contributed by atoms with van der Waals surface area (Å²) in [5.41, 5.74) is 2.79. The number of urea groups is 1. The molecule has 5 nitrogen and oxygen atoms in total. The molecule has 2 aromatic carbocycles. The van der Waals surface area contributed by atoms with Gasteiger partial charge in [0.1, 0.15) is 5.75 Å². The minimum Gasteiger partial charge on any atom is -0.497 e. The second kappa shape index (κ2) is 6.22. The van der Waals surface area contributed by atoms with Crippen LogP contribution in [0.25, 0.3) is 10.9 Å². The van der Waals surface area contributed by atoms with E-state index in [9.17, 15) is 4.79 Å². The lowest BCUT2D eigenvalue weighted by Crippen LogP contribution is -2.28. The Morgan fingerprint density at radius 1 is 1.14 bits per heavy atom. The van der Waals surface area contributed by atoms with Crippen LogP contribution in [0.3, 0.4) is 0 Å². The number of aromatic nitrogens is 1. The number of aromatic amines is 1. The first-order valence-corrected chi connectivity index (χ1v) is 7.00. The van der Waals surface area contributed by atoms with E-state index in [0.29, 0.717) is 6.54 Å². The lowest BCUT2D eigenvalue weighted by atomic mass is 10.2. The molecule has 0 saturated heterocycles. The molecule has 0 fully saturated rings. The second-order valence-corrected chi connectivity index (χ2v) is 4.90. The molecule has 22 heavy (non-hydrogen) atoms. The molecule has 2 amide bonds. The molecule has 112 valence electrons. The Hall–Kier alpha value is -2.95. The summed E-state index contributed by atoms with van der Waals surface area (Å²) in [4.78, 5) is 15.1. The highest BCUT2D eigenvalue weighted by Gasteiger charge is 2.06. The van der Waals surface area contributed by atoms with Crippen LogP contribution in [0, 0.1) is 0 Å². The van der Waals surface area contributed by atoms with Crippen molar-refractivity contribution >= 4 is 22.6 Å². The number of hydrogen-bond donors (Lipinski definition) is 3. The van der Waals surface area contributed by atoms with Gasteiger partial charge in [-0.15, -0.1) is 0 Å². The molecule has 0 atom stereocenters. The summed E-state index contributed by atoms with van der Waals surface area (Å²) in [6.07, 6.45) is 1.85. The standard InChI is InChI=1S/C17H17N3O2/c1-22-13-7-5-12(6-8-13)11-19-17(21)20-16-4-2-3-15-14(16)9-10-18-15/h2-10,18H,11H2,1H3,(H2,19,20,21). The summed E-state index contributed by atoms with van der Waals surface area (Å²) in [6.45, 7) is 0.457. The first-order valence-electron chi connectivity index (χ1n) is 7.00. The molecule has 0 aliphatic carbocycles. The first kappa shape index (κ1) is 14.0. The first-order chi connectivity index (χ1) is 10.8. The molecule has 0 aliphatic rings. The predicted octanol–water partition coefficient (Wildman–Crippen LogP) is 3.50. The van der Waals surface area contributed by atoms with E-state index in [2.05, 4.69) is 15.6 Å². The minimum absolute atomic E-state index is 0.232. The van der Waals surface area contributed by atoms with Crippen LogP contribution in [-0.4, -0.2) is 18.1 Å². The summed E-state index contributed by atoms with van der Waals surface area (Å²) in [5, 5.41) is 6.70. The summed E-state index contributed by atoms with van der Waals surface area (Å²) < 4.78 is 5.10. The molecule has 3 aromatic rings. The Labute approximate surface area is 128 Å². The summed E-state index contributed by atoms with van der Waals surface area (Å²) in [6, 6.07) is 15.0. The topological polar surface area (TPSA) is 66.2 Å². The Morgan fingerprint density at radius 3 is 2.73 bits per heavy atom. The molecular weight excluding hydrogens is 278 g/mol. The van der Waals surface area contributed by atoms with Crippen LogP contribution in [0.15, 0.2) is 54.7 Å². The maximum Gasteiger partial charge on any atom is 0.319 e. The molecule has 3 rings (SSSR count). The number of nitrogens with one attached hydrogen (secondary N) is 3. The van der Waals surface area contributed by atoms with Gasteiger partial charge in [-0.25, -0.2) is 4.79 Å². The van der Waals surface area contributed by atoms with Crippen molar-refractivity contribution < 1.29 is 9.53 Å². The third-order valence-corrected chi connectivity index (χ3v) is 3.46. The van der Waals surface area contributed by atoms with Crippen molar-refractivity contribution in [2.24, 2.45) is 0 Å². The van der Waals surface area contributed by atoms with E-state index in [0.717, 1.165) is 27.9 Å². The number of rotatable bonds is 4. The van der Waals surface area contributed by atoms with Crippen LogP contribution in [0.1, 0.15) is 5.56 Å². The average Bonchev–Trinajstić information content (AvgIpc) is 3.03. The molecule has 5 heteroatoms. The van der Waals surface area contributed by atoms with Gasteiger partial charge in [0.15, 0.2) is 0 Å². The van der Waals surface area contributed by atoms with Crippen LogP contribution in [0.4, 0.5) is 10.5 Å². The van der Waals surface area contributed by atoms with E-state index in [1.54, 1.807) is 7.11 Å². The zero-order valence-electron chi connectivity index (χ0n) is 12.2. The van der Waals surface area contributed by atoms with Crippen LogP contribution in [0.5, 0.6) is 5.75 Å². The van der Waals surface area contributed by atoms with E-state index < -0.39 is 0 Å². The van der Waals surface area contributed by atoms with Crippen molar-refractivity contribution in [3.8, 4) is 5.75 Å². The van der Waals surface area contributed by atoms with E-state index in [1.807, 2.05) is 54.7 Å². The minimum atomic E-state index is -0.232. The second-order valence-electron chi connectivity index (χ2n) is 4.90. The molecule has 0 spiro atoms. The third-order valence-electron chi connectivity index (χ3n) is 3.46. The van der Waals surface area contributed by atoms with Crippen LogP contribution >= 0.6 is 0 Å². The van der Waals surface area contributed by atoms with Crippen molar-refractivity contribution in [1.29, 1.82) is 0 Å². The van der Waals surface area contributed by atoms with Gasteiger partial charge in [-0.3, -0.25) is 0 Å². The van der Waals surface area contributed by atoms with Crippen LogP contribution in [0.2, 0.25) is 0 Å². The summed E-state index contributed by atoms with van der Waals surface area (Å²) in [7, 11) is 1.63. The molecule has 0 unspecified atom stereocenters. The fourth-order valence-electron chi connectivity index (χ4n) is 2.29. The lowest BCUT2D eigenvalue weighted by Gasteiger charge is -2.09. The van der Waals surface area contributed by atoms with Gasteiger partial charge in [0.2, 0.25) is 0 Å². The van der Waals surface area contributed by atoms with Gasteiger partial charge < -0.3 is 20.4 Å². The zero-order chi connectivity index (χ0) is 15.4. The molecule has 0 saturated carbocycles. The number of amides is 2. The molecule has 1 aromatic heterocycles. The molecule has 1 heterocycles. The number of anilines is 1. The average molecular weight is 295 g/mol. The molecule has 0 radical (unpaired) electrons. The normalized spacial score (nSPS) is 10.4. The van der Waals surface area contributed by atoms with Crippen molar-refractivity contribution in [3.63, 3.8) is 0 Å². The van der Waals surface area contributed by atoms with Gasteiger partial charge in [-0.1, -0.05) is 18.2 Å². The fourth-order valence-corrected chi connectivity index (χ4v) is 2.29. The molecular formula is C17H17N3O2. The summed E-state index contributed by atoms with van der Waals surface area (Å²) in [5.74, 6) is 0.798. The Morgan fingerprint density at radius 2 is 1.95 bits per heavy atom. The van der Waals surface area contributed by atoms with Gasteiger partial charge in [0.25, 0.3) is 0 Å². The van der Waals surface area contributed by atoms with Crippen LogP contribution in [-0.2, 0) is 6.54 Å². The SMILES string of the molecule is COc1ccc(CNC(=O)Nc2cccc3[nH]ccc23)cc1. The fraction of sp³-hybridized carbons (Fsp3) is 0.118. The van der Waals surface area contributed by atoms with Crippen molar-refractivity contribution in [1.82, 2.24) is 10.3 Å². The van der Waals surface area contributed by atoms with Crippen molar-refractivity contribution in [3.05, 3.63) is 60.3 Å². The van der Waals surface area contributed by atoms with E-state index in [1.165, 1.54) is 0 Å². The number of carbonyl (C=O) groups is 1. The highest BCUT2D eigenvalue weighted by atomic mass is 16.5. The maximum absolute atomic E-state index is 12.0. The number of carbonyl (C=O) groups excluding carboxylic acids is 1. The lowest BCUT2D eigenvalue weighted by molar-refractivity contribution is 0.252. The van der Waals surface area contributed by atoms with Gasteiger partial charge in [0.05, 0.1) is 12.8 Å². The van der Waals surface area contributed by atoms with Crippen molar-refractivity contribution in [2.75, 3.05) is 12.4 Å². The molecule has 0 aliphatic heterocycles. The predicted molar refractivity (Wildman–Crippen MR) is 87.2 cm³/mol. The largest absolute Gasteiger partial charge is 0.497 e.